The molecule has 0 aromatic heterocycles. The molecule has 0 fully saturated rings. The van der Waals surface area contributed by atoms with Crippen molar-refractivity contribution in [2.45, 2.75) is 32.2 Å². The third kappa shape index (κ3) is 3.84. The minimum absolute atomic E-state index is 0.0323. The predicted octanol–water partition coefficient (Wildman–Crippen LogP) is 2.36. The standard InChI is InChI=1S/C16H18FNO4/c1-2-3-4-13(16(20)21)18-15(19)11-7-10-8-12(17)5-6-14(10)22-9-11/h5-8,13H,2-4,9H2,1H3,(H,18,19)(H,20,21). The molecule has 1 atom stereocenters. The van der Waals surface area contributed by atoms with Crippen molar-refractivity contribution in [1.29, 1.82) is 0 Å². The van der Waals surface area contributed by atoms with Crippen LogP contribution in [-0.2, 0) is 9.59 Å². The summed E-state index contributed by atoms with van der Waals surface area (Å²) in [6.07, 6.45) is 3.45. The zero-order valence-electron chi connectivity index (χ0n) is 12.3. The highest BCUT2D eigenvalue weighted by Gasteiger charge is 2.23. The van der Waals surface area contributed by atoms with Crippen LogP contribution in [0.5, 0.6) is 5.75 Å². The van der Waals surface area contributed by atoms with Gasteiger partial charge in [0, 0.05) is 5.56 Å². The summed E-state index contributed by atoms with van der Waals surface area (Å²) < 4.78 is 18.6. The molecule has 22 heavy (non-hydrogen) atoms. The molecule has 1 amide bonds. The predicted molar refractivity (Wildman–Crippen MR) is 79.0 cm³/mol. The first-order valence-corrected chi connectivity index (χ1v) is 7.18. The number of carboxylic acid groups (broad SMARTS) is 1. The fourth-order valence-electron chi connectivity index (χ4n) is 2.20. The topological polar surface area (TPSA) is 75.6 Å². The van der Waals surface area contributed by atoms with Crippen LogP contribution in [0.3, 0.4) is 0 Å². The number of carbonyl (C=O) groups is 2. The second kappa shape index (κ2) is 7.06. The molecule has 2 rings (SSSR count). The first-order valence-electron chi connectivity index (χ1n) is 7.18. The molecule has 1 heterocycles. The number of hydrogen-bond acceptors (Lipinski definition) is 3. The Morgan fingerprint density at radius 1 is 1.45 bits per heavy atom. The summed E-state index contributed by atoms with van der Waals surface area (Å²) in [5.74, 6) is -1.49. The van der Waals surface area contributed by atoms with Crippen LogP contribution in [0.2, 0.25) is 0 Å². The van der Waals surface area contributed by atoms with Crippen LogP contribution in [-0.4, -0.2) is 29.6 Å². The van der Waals surface area contributed by atoms with Crippen molar-refractivity contribution in [2.24, 2.45) is 0 Å². The number of aliphatic carboxylic acids is 1. The van der Waals surface area contributed by atoms with Gasteiger partial charge >= 0.3 is 5.97 Å². The van der Waals surface area contributed by atoms with Gasteiger partial charge in [0.05, 0.1) is 5.57 Å². The molecule has 0 spiro atoms. The molecule has 0 bridgehead atoms. The zero-order chi connectivity index (χ0) is 16.1. The van der Waals surface area contributed by atoms with E-state index in [1.165, 1.54) is 24.3 Å². The lowest BCUT2D eigenvalue weighted by Crippen LogP contribution is -2.42. The lowest BCUT2D eigenvalue weighted by molar-refractivity contribution is -0.141. The van der Waals surface area contributed by atoms with Crippen LogP contribution >= 0.6 is 0 Å². The molecule has 0 saturated heterocycles. The van der Waals surface area contributed by atoms with Crippen molar-refractivity contribution in [3.05, 3.63) is 35.2 Å². The van der Waals surface area contributed by atoms with Crippen LogP contribution in [0.25, 0.3) is 6.08 Å². The number of carbonyl (C=O) groups excluding carboxylic acids is 1. The molecule has 1 aromatic rings. The highest BCUT2D eigenvalue weighted by molar-refractivity contribution is 6.00. The lowest BCUT2D eigenvalue weighted by Gasteiger charge is -2.20. The van der Waals surface area contributed by atoms with E-state index < -0.39 is 23.7 Å². The number of fused-ring (bicyclic) bond motifs is 1. The van der Waals surface area contributed by atoms with Gasteiger partial charge in [-0.3, -0.25) is 4.79 Å². The highest BCUT2D eigenvalue weighted by atomic mass is 19.1. The van der Waals surface area contributed by atoms with Crippen LogP contribution in [0.4, 0.5) is 4.39 Å². The number of amides is 1. The Kier molecular flexibility index (Phi) is 5.14. The summed E-state index contributed by atoms with van der Waals surface area (Å²) in [5, 5.41) is 11.6. The van der Waals surface area contributed by atoms with E-state index in [4.69, 9.17) is 9.84 Å². The van der Waals surface area contributed by atoms with Gasteiger partial charge in [-0.2, -0.15) is 0 Å². The smallest absolute Gasteiger partial charge is 0.326 e. The molecular formula is C16H18FNO4. The van der Waals surface area contributed by atoms with Gasteiger partial charge in [0.1, 0.15) is 24.2 Å². The molecule has 6 heteroatoms. The molecule has 0 aliphatic carbocycles. The molecule has 118 valence electrons. The molecule has 0 saturated carbocycles. The molecule has 2 N–H and O–H groups in total. The number of halogens is 1. The number of rotatable bonds is 6. The van der Waals surface area contributed by atoms with Gasteiger partial charge < -0.3 is 15.2 Å². The minimum atomic E-state index is -1.06. The van der Waals surface area contributed by atoms with Crippen molar-refractivity contribution < 1.29 is 23.8 Å². The average Bonchev–Trinajstić information content (AvgIpc) is 2.50. The van der Waals surface area contributed by atoms with E-state index in [0.29, 0.717) is 24.2 Å². The van der Waals surface area contributed by atoms with E-state index in [1.54, 1.807) is 0 Å². The summed E-state index contributed by atoms with van der Waals surface area (Å²) in [6, 6.07) is 3.12. The Labute approximate surface area is 127 Å². The Hall–Kier alpha value is -2.37. The maximum absolute atomic E-state index is 13.2. The largest absolute Gasteiger partial charge is 0.488 e. The Balaban J connectivity index is 2.11. The second-order valence-corrected chi connectivity index (χ2v) is 5.15. The van der Waals surface area contributed by atoms with Gasteiger partial charge in [-0.15, -0.1) is 0 Å². The number of ether oxygens (including phenoxy) is 1. The van der Waals surface area contributed by atoms with Gasteiger partial charge in [0.2, 0.25) is 0 Å². The van der Waals surface area contributed by atoms with Gasteiger partial charge in [-0.25, -0.2) is 9.18 Å². The van der Waals surface area contributed by atoms with Crippen molar-refractivity contribution in [3.8, 4) is 5.75 Å². The quantitative estimate of drug-likeness (QED) is 0.846. The van der Waals surface area contributed by atoms with Crippen LogP contribution < -0.4 is 10.1 Å². The molecule has 1 unspecified atom stereocenters. The molecule has 1 aromatic carbocycles. The summed E-state index contributed by atoms with van der Waals surface area (Å²) in [5.41, 5.74) is 0.748. The normalized spacial score (nSPS) is 14.4. The Morgan fingerprint density at radius 2 is 2.23 bits per heavy atom. The maximum Gasteiger partial charge on any atom is 0.326 e. The van der Waals surface area contributed by atoms with Crippen molar-refractivity contribution in [1.82, 2.24) is 5.32 Å². The van der Waals surface area contributed by atoms with Gasteiger partial charge in [-0.05, 0) is 30.7 Å². The SMILES string of the molecule is CCCCC(NC(=O)C1=Cc2cc(F)ccc2OC1)C(=O)O. The van der Waals surface area contributed by atoms with E-state index in [1.807, 2.05) is 6.92 Å². The second-order valence-electron chi connectivity index (χ2n) is 5.15. The van der Waals surface area contributed by atoms with Crippen LogP contribution in [0.15, 0.2) is 23.8 Å². The summed E-state index contributed by atoms with van der Waals surface area (Å²) in [4.78, 5) is 23.3. The van der Waals surface area contributed by atoms with Crippen molar-refractivity contribution in [2.75, 3.05) is 6.61 Å². The van der Waals surface area contributed by atoms with Crippen LogP contribution in [0, 0.1) is 5.82 Å². The van der Waals surface area contributed by atoms with Crippen molar-refractivity contribution in [3.63, 3.8) is 0 Å². The molecule has 0 radical (unpaired) electrons. The van der Waals surface area contributed by atoms with E-state index in [-0.39, 0.29) is 12.2 Å². The summed E-state index contributed by atoms with van der Waals surface area (Å²) in [7, 11) is 0. The average molecular weight is 307 g/mol. The number of hydrogen-bond donors (Lipinski definition) is 2. The van der Waals surface area contributed by atoms with Gasteiger partial charge in [-0.1, -0.05) is 19.8 Å². The maximum atomic E-state index is 13.2. The van der Waals surface area contributed by atoms with E-state index >= 15 is 0 Å². The highest BCUT2D eigenvalue weighted by Crippen LogP contribution is 2.27. The van der Waals surface area contributed by atoms with E-state index in [0.717, 1.165) is 6.42 Å². The number of nitrogens with one attached hydrogen (secondary N) is 1. The Bertz CT molecular complexity index is 612. The lowest BCUT2D eigenvalue weighted by atomic mass is 10.1. The first kappa shape index (κ1) is 16.0. The third-order valence-corrected chi connectivity index (χ3v) is 3.43. The van der Waals surface area contributed by atoms with Crippen LogP contribution in [0.1, 0.15) is 31.7 Å². The fourth-order valence-corrected chi connectivity index (χ4v) is 2.20. The first-order chi connectivity index (χ1) is 10.5. The number of carboxylic acids is 1. The van der Waals surface area contributed by atoms with Crippen molar-refractivity contribution >= 4 is 18.0 Å². The third-order valence-electron chi connectivity index (χ3n) is 3.43. The Morgan fingerprint density at radius 3 is 2.91 bits per heavy atom. The monoisotopic (exact) mass is 307 g/mol. The molecule has 5 nitrogen and oxygen atoms in total. The number of unbranched alkanes of at least 4 members (excludes halogenated alkanes) is 1. The summed E-state index contributed by atoms with van der Waals surface area (Å²) in [6.45, 7) is 1.98. The van der Waals surface area contributed by atoms with Gasteiger partial charge in [0.25, 0.3) is 5.91 Å². The fraction of sp³-hybridized carbons (Fsp3) is 0.375. The molecule has 1 aliphatic heterocycles. The summed E-state index contributed by atoms with van der Waals surface area (Å²) >= 11 is 0. The molecule has 1 aliphatic rings. The zero-order valence-corrected chi connectivity index (χ0v) is 12.3. The number of benzene rings is 1. The van der Waals surface area contributed by atoms with E-state index in [9.17, 15) is 14.0 Å². The van der Waals surface area contributed by atoms with Gasteiger partial charge in [0.15, 0.2) is 0 Å². The minimum Gasteiger partial charge on any atom is -0.488 e. The molecular weight excluding hydrogens is 289 g/mol. The van der Waals surface area contributed by atoms with E-state index in [2.05, 4.69) is 5.32 Å².